The number of isothiocyanates is 1. The van der Waals surface area contributed by atoms with Crippen LogP contribution in [0.5, 0.6) is 0 Å². The van der Waals surface area contributed by atoms with Crippen LogP contribution in [0.25, 0.3) is 0 Å². The van der Waals surface area contributed by atoms with Crippen molar-refractivity contribution in [3.8, 4) is 0 Å². The quantitative estimate of drug-likeness (QED) is 0.397. The standard InChI is InChI=1S/C4H5NS2/c1-2-4(7)5-3-6/h2H2,1H3. The topological polar surface area (TPSA) is 12.4 Å². The highest BCUT2D eigenvalue weighted by molar-refractivity contribution is 7.80. The molecule has 38 valence electrons. The van der Waals surface area contributed by atoms with E-state index in [-0.39, 0.29) is 0 Å². The number of hydrogen-bond acceptors (Lipinski definition) is 2. The highest BCUT2D eigenvalue weighted by Crippen LogP contribution is 1.82. The van der Waals surface area contributed by atoms with Gasteiger partial charge < -0.3 is 0 Å². The van der Waals surface area contributed by atoms with Gasteiger partial charge in [0.2, 0.25) is 0 Å². The Kier molecular flexibility index (Phi) is 4.00. The lowest BCUT2D eigenvalue weighted by Gasteiger charge is -1.79. The molecule has 0 saturated heterocycles. The monoisotopic (exact) mass is 131 g/mol. The van der Waals surface area contributed by atoms with Crippen LogP contribution in [0.4, 0.5) is 0 Å². The van der Waals surface area contributed by atoms with Gasteiger partial charge in [-0.1, -0.05) is 19.1 Å². The molecule has 0 heterocycles. The van der Waals surface area contributed by atoms with Gasteiger partial charge in [-0.25, -0.2) is 0 Å². The molecule has 0 aromatic rings. The molecule has 1 nitrogen and oxygen atoms in total. The van der Waals surface area contributed by atoms with E-state index in [1.807, 2.05) is 6.92 Å². The Morgan fingerprint density at radius 2 is 2.43 bits per heavy atom. The minimum Gasteiger partial charge on any atom is -0.187 e. The Hall–Kier alpha value is -0.110. The molecule has 0 unspecified atom stereocenters. The fraction of sp³-hybridized carbons (Fsp3) is 0.500. The van der Waals surface area contributed by atoms with Gasteiger partial charge in [0.25, 0.3) is 0 Å². The summed E-state index contributed by atoms with van der Waals surface area (Å²) in [5.41, 5.74) is 0. The first-order chi connectivity index (χ1) is 3.31. The van der Waals surface area contributed by atoms with E-state index in [0.717, 1.165) is 6.42 Å². The predicted molar refractivity (Wildman–Crippen MR) is 37.9 cm³/mol. The average molecular weight is 131 g/mol. The van der Waals surface area contributed by atoms with Crippen molar-refractivity contribution < 1.29 is 0 Å². The van der Waals surface area contributed by atoms with Gasteiger partial charge in [-0.15, -0.1) is 0 Å². The Morgan fingerprint density at radius 3 is 2.57 bits per heavy atom. The van der Waals surface area contributed by atoms with Gasteiger partial charge in [0, 0.05) is 0 Å². The Bertz CT molecular complexity index is 113. The predicted octanol–water partition coefficient (Wildman–Crippen LogP) is 1.83. The highest BCUT2D eigenvalue weighted by Gasteiger charge is 1.79. The van der Waals surface area contributed by atoms with Crippen molar-refractivity contribution >= 4 is 34.6 Å². The number of thiocarbonyl (C=S) groups is 2. The fourth-order valence-corrected chi connectivity index (χ4v) is 0.344. The zero-order valence-corrected chi connectivity index (χ0v) is 5.60. The summed E-state index contributed by atoms with van der Waals surface area (Å²) in [6.45, 7) is 1.93. The molecule has 0 spiro atoms. The van der Waals surface area contributed by atoms with E-state index in [1.54, 1.807) is 0 Å². The van der Waals surface area contributed by atoms with Gasteiger partial charge >= 0.3 is 0 Å². The Balaban J connectivity index is 3.58. The van der Waals surface area contributed by atoms with Gasteiger partial charge in [-0.2, -0.15) is 4.99 Å². The molecular formula is C4H5NS2. The molecule has 3 heteroatoms. The maximum atomic E-state index is 4.66. The molecule has 0 aliphatic carbocycles. The molecule has 0 bridgehead atoms. The minimum atomic E-state index is 0.620. The zero-order chi connectivity index (χ0) is 5.70. The number of rotatable bonds is 1. The molecule has 0 radical (unpaired) electrons. The molecule has 0 aromatic carbocycles. The van der Waals surface area contributed by atoms with Crippen LogP contribution in [0.15, 0.2) is 4.99 Å². The van der Waals surface area contributed by atoms with E-state index in [0.29, 0.717) is 4.99 Å². The summed E-state index contributed by atoms with van der Waals surface area (Å²) < 4.78 is 0. The van der Waals surface area contributed by atoms with Crippen LogP contribution in [-0.2, 0) is 0 Å². The van der Waals surface area contributed by atoms with Gasteiger partial charge in [0.15, 0.2) is 0 Å². The maximum Gasteiger partial charge on any atom is 0.114 e. The number of nitrogens with zero attached hydrogens (tertiary/aromatic N) is 1. The normalized spacial score (nSPS) is 7.00. The summed E-state index contributed by atoms with van der Waals surface area (Å²) in [7, 11) is 0. The van der Waals surface area contributed by atoms with Crippen LogP contribution in [0.1, 0.15) is 13.3 Å². The van der Waals surface area contributed by atoms with Crippen LogP contribution in [0.3, 0.4) is 0 Å². The van der Waals surface area contributed by atoms with Crippen LogP contribution < -0.4 is 0 Å². The minimum absolute atomic E-state index is 0.620. The Labute approximate surface area is 53.4 Å². The number of hydrogen-bond donors (Lipinski definition) is 0. The van der Waals surface area contributed by atoms with Gasteiger partial charge in [-0.3, -0.25) is 0 Å². The average Bonchev–Trinajstić information content (AvgIpc) is 1.68. The van der Waals surface area contributed by atoms with Crippen LogP contribution in [0.2, 0.25) is 0 Å². The lowest BCUT2D eigenvalue weighted by Crippen LogP contribution is -1.80. The maximum absolute atomic E-state index is 4.66. The summed E-state index contributed by atoms with van der Waals surface area (Å²) in [5.74, 6) is 0. The summed E-state index contributed by atoms with van der Waals surface area (Å²) in [4.78, 5) is 4.16. The zero-order valence-electron chi connectivity index (χ0n) is 3.97. The third-order valence-electron chi connectivity index (χ3n) is 0.473. The molecule has 0 aromatic heterocycles. The second kappa shape index (κ2) is 4.06. The van der Waals surface area contributed by atoms with E-state index < -0.39 is 0 Å². The molecule has 0 saturated carbocycles. The van der Waals surface area contributed by atoms with E-state index >= 15 is 0 Å². The van der Waals surface area contributed by atoms with E-state index in [4.69, 9.17) is 0 Å². The van der Waals surface area contributed by atoms with Crippen molar-refractivity contribution in [2.45, 2.75) is 13.3 Å². The van der Waals surface area contributed by atoms with Crippen molar-refractivity contribution in [3.63, 3.8) is 0 Å². The third-order valence-corrected chi connectivity index (χ3v) is 0.944. The van der Waals surface area contributed by atoms with E-state index in [2.05, 4.69) is 34.6 Å². The third kappa shape index (κ3) is 3.73. The van der Waals surface area contributed by atoms with Crippen molar-refractivity contribution in [1.29, 1.82) is 0 Å². The van der Waals surface area contributed by atoms with E-state index in [1.165, 1.54) is 0 Å². The first-order valence-corrected chi connectivity index (χ1v) is 2.73. The summed E-state index contributed by atoms with van der Waals surface area (Å²) >= 11 is 8.95. The summed E-state index contributed by atoms with van der Waals surface area (Å²) in [6.07, 6.45) is 0.777. The molecule has 0 N–H and O–H groups in total. The van der Waals surface area contributed by atoms with Crippen molar-refractivity contribution in [2.24, 2.45) is 4.99 Å². The number of aliphatic imine (C=N–C) groups is 1. The molecule has 7 heavy (non-hydrogen) atoms. The van der Waals surface area contributed by atoms with Gasteiger partial charge in [0.05, 0.1) is 5.16 Å². The molecule has 0 atom stereocenters. The Morgan fingerprint density at radius 1 is 1.86 bits per heavy atom. The lowest BCUT2D eigenvalue weighted by atomic mass is 10.5. The van der Waals surface area contributed by atoms with Crippen molar-refractivity contribution in [3.05, 3.63) is 0 Å². The summed E-state index contributed by atoms with van der Waals surface area (Å²) in [5, 5.41) is 2.19. The smallest absolute Gasteiger partial charge is 0.114 e. The van der Waals surface area contributed by atoms with Crippen LogP contribution >= 0.6 is 24.4 Å². The molecule has 0 aliphatic rings. The molecule has 0 amide bonds. The van der Waals surface area contributed by atoms with Crippen LogP contribution in [0, 0.1) is 0 Å². The summed E-state index contributed by atoms with van der Waals surface area (Å²) in [6, 6.07) is 0. The highest BCUT2D eigenvalue weighted by atomic mass is 32.1. The second-order valence-electron chi connectivity index (χ2n) is 0.950. The molecule has 0 fully saturated rings. The van der Waals surface area contributed by atoms with Gasteiger partial charge in [0.1, 0.15) is 4.99 Å². The van der Waals surface area contributed by atoms with E-state index in [9.17, 15) is 0 Å². The molecule has 0 rings (SSSR count). The largest absolute Gasteiger partial charge is 0.187 e. The van der Waals surface area contributed by atoms with Crippen LogP contribution in [-0.4, -0.2) is 10.1 Å². The first-order valence-electron chi connectivity index (χ1n) is 1.92. The molecule has 0 aliphatic heterocycles. The first kappa shape index (κ1) is 6.89. The fourth-order valence-electron chi connectivity index (χ4n) is 0.130. The second-order valence-corrected chi connectivity index (χ2v) is 1.60. The SMILES string of the molecule is CCC(=S)N=C=S. The molecular weight excluding hydrogens is 126 g/mol. The van der Waals surface area contributed by atoms with Gasteiger partial charge in [-0.05, 0) is 18.6 Å². The van der Waals surface area contributed by atoms with Crippen molar-refractivity contribution in [1.82, 2.24) is 0 Å². The van der Waals surface area contributed by atoms with Crippen molar-refractivity contribution in [2.75, 3.05) is 0 Å². The lowest BCUT2D eigenvalue weighted by molar-refractivity contribution is 1.30.